The zero-order valence-corrected chi connectivity index (χ0v) is 14.1. The summed E-state index contributed by atoms with van der Waals surface area (Å²) < 4.78 is 11.3. The Morgan fingerprint density at radius 2 is 2.09 bits per heavy atom. The van der Waals surface area contributed by atoms with Crippen LogP contribution >= 0.6 is 23.2 Å². The molecule has 3 nitrogen and oxygen atoms in total. The third kappa shape index (κ3) is 2.29. The van der Waals surface area contributed by atoms with Gasteiger partial charge in [-0.1, -0.05) is 47.0 Å². The average Bonchev–Trinajstić information content (AvgIpc) is 3.00. The fourth-order valence-corrected chi connectivity index (χ4v) is 4.61. The Labute approximate surface area is 144 Å². The van der Waals surface area contributed by atoms with E-state index in [0.29, 0.717) is 29.0 Å². The van der Waals surface area contributed by atoms with Crippen LogP contribution in [0.3, 0.4) is 0 Å². The van der Waals surface area contributed by atoms with E-state index >= 15 is 0 Å². The molecule has 0 saturated heterocycles. The molecule has 0 N–H and O–H groups in total. The fourth-order valence-electron chi connectivity index (χ4n) is 4.05. The Morgan fingerprint density at radius 3 is 2.87 bits per heavy atom. The minimum atomic E-state index is -0.181. The molecule has 1 aliphatic heterocycles. The SMILES string of the molecule is CCOC(=O)C1C2C=CC3/C2=C/c2cc(Cl)cc(Cl)c2OCC31. The van der Waals surface area contributed by atoms with Gasteiger partial charge >= 0.3 is 5.97 Å². The molecule has 4 bridgehead atoms. The molecule has 4 unspecified atom stereocenters. The van der Waals surface area contributed by atoms with E-state index in [9.17, 15) is 4.79 Å². The standard InChI is InChI=1S/C18H16Cl2O3/c1-2-22-18(21)16-12-4-3-11-13(12)6-9-5-10(19)7-15(20)17(9)23-8-14(11)16/h3-7,11-12,14,16H,2,8H2,1H3/b13-6-. The van der Waals surface area contributed by atoms with Crippen LogP contribution in [0.25, 0.3) is 6.08 Å². The van der Waals surface area contributed by atoms with Gasteiger partial charge in [0.15, 0.2) is 0 Å². The number of fused-ring (bicyclic) bond motifs is 1. The van der Waals surface area contributed by atoms with Gasteiger partial charge in [-0.3, -0.25) is 4.79 Å². The molecular weight excluding hydrogens is 335 g/mol. The number of esters is 1. The summed E-state index contributed by atoms with van der Waals surface area (Å²) in [6.45, 7) is 2.67. The third-order valence-electron chi connectivity index (χ3n) is 4.94. The maximum atomic E-state index is 12.4. The van der Waals surface area contributed by atoms with Crippen molar-refractivity contribution < 1.29 is 14.3 Å². The van der Waals surface area contributed by atoms with E-state index < -0.39 is 0 Å². The van der Waals surface area contributed by atoms with Crippen LogP contribution < -0.4 is 4.74 Å². The summed E-state index contributed by atoms with van der Waals surface area (Å²) in [5.74, 6) is 0.715. The normalized spacial score (nSPS) is 32.4. The summed E-state index contributed by atoms with van der Waals surface area (Å²) in [6, 6.07) is 3.53. The molecule has 1 aromatic rings. The molecule has 0 amide bonds. The minimum Gasteiger partial charge on any atom is -0.491 e. The van der Waals surface area contributed by atoms with Crippen molar-refractivity contribution >= 4 is 35.2 Å². The van der Waals surface area contributed by atoms with Gasteiger partial charge in [0.1, 0.15) is 5.75 Å². The first-order valence-corrected chi connectivity index (χ1v) is 8.54. The van der Waals surface area contributed by atoms with Crippen LogP contribution in [0, 0.1) is 23.7 Å². The molecule has 0 spiro atoms. The van der Waals surface area contributed by atoms with Crippen molar-refractivity contribution in [2.45, 2.75) is 6.92 Å². The van der Waals surface area contributed by atoms with Crippen molar-refractivity contribution in [3.05, 3.63) is 45.5 Å². The van der Waals surface area contributed by atoms with Crippen molar-refractivity contribution in [2.24, 2.45) is 23.7 Å². The van der Waals surface area contributed by atoms with Crippen molar-refractivity contribution in [1.29, 1.82) is 0 Å². The molecule has 1 fully saturated rings. The van der Waals surface area contributed by atoms with Crippen LogP contribution in [0.4, 0.5) is 0 Å². The lowest BCUT2D eigenvalue weighted by Crippen LogP contribution is -2.33. The molecule has 4 atom stereocenters. The number of allylic oxidation sites excluding steroid dienone is 3. The minimum absolute atomic E-state index is 0.0800. The van der Waals surface area contributed by atoms with Gasteiger partial charge in [0.25, 0.3) is 0 Å². The van der Waals surface area contributed by atoms with E-state index in [1.807, 2.05) is 13.0 Å². The third-order valence-corrected chi connectivity index (χ3v) is 5.44. The predicted molar refractivity (Wildman–Crippen MR) is 89.7 cm³/mol. The highest BCUT2D eigenvalue weighted by Gasteiger charge is 2.53. The predicted octanol–water partition coefficient (Wildman–Crippen LogP) is 4.38. The Hall–Kier alpha value is -1.45. The Balaban J connectivity index is 1.79. The molecule has 0 radical (unpaired) electrons. The zero-order valence-electron chi connectivity index (χ0n) is 12.6. The van der Waals surface area contributed by atoms with Crippen molar-refractivity contribution in [2.75, 3.05) is 13.2 Å². The molecule has 1 saturated carbocycles. The monoisotopic (exact) mass is 350 g/mol. The smallest absolute Gasteiger partial charge is 0.310 e. The van der Waals surface area contributed by atoms with Crippen LogP contribution in [0.2, 0.25) is 10.0 Å². The van der Waals surface area contributed by atoms with E-state index in [1.165, 1.54) is 5.57 Å². The second kappa shape index (κ2) is 5.57. The van der Waals surface area contributed by atoms with Gasteiger partial charge in [-0.25, -0.2) is 0 Å². The van der Waals surface area contributed by atoms with Gasteiger partial charge in [0.2, 0.25) is 0 Å². The fraction of sp³-hybridized carbons (Fsp3) is 0.389. The summed E-state index contributed by atoms with van der Waals surface area (Å²) in [7, 11) is 0. The molecule has 0 aromatic heterocycles. The second-order valence-electron chi connectivity index (χ2n) is 6.14. The lowest BCUT2D eigenvalue weighted by atomic mass is 9.83. The highest BCUT2D eigenvalue weighted by molar-refractivity contribution is 6.35. The maximum absolute atomic E-state index is 12.4. The molecular formula is C18H16Cl2O3. The van der Waals surface area contributed by atoms with E-state index in [1.54, 1.807) is 6.07 Å². The van der Waals surface area contributed by atoms with Crippen LogP contribution in [0.5, 0.6) is 5.75 Å². The van der Waals surface area contributed by atoms with Crippen LogP contribution in [-0.4, -0.2) is 19.2 Å². The number of hydrogen-bond acceptors (Lipinski definition) is 3. The van der Waals surface area contributed by atoms with Gasteiger partial charge in [0.05, 0.1) is 24.2 Å². The molecule has 1 aromatic carbocycles. The van der Waals surface area contributed by atoms with E-state index in [2.05, 4.69) is 18.2 Å². The Morgan fingerprint density at radius 1 is 1.30 bits per heavy atom. The van der Waals surface area contributed by atoms with Crippen molar-refractivity contribution in [3.8, 4) is 5.75 Å². The number of ether oxygens (including phenoxy) is 2. The lowest BCUT2D eigenvalue weighted by molar-refractivity contribution is -0.151. The topological polar surface area (TPSA) is 35.5 Å². The van der Waals surface area contributed by atoms with E-state index in [-0.39, 0.29) is 29.6 Å². The zero-order chi connectivity index (χ0) is 16.1. The molecule has 5 heteroatoms. The molecule has 4 rings (SSSR count). The van der Waals surface area contributed by atoms with Crippen LogP contribution in [0.15, 0.2) is 29.9 Å². The number of carbonyl (C=O) groups excluding carboxylic acids is 1. The Bertz CT molecular complexity index is 738. The number of benzene rings is 1. The first-order chi connectivity index (χ1) is 11.1. The average molecular weight is 351 g/mol. The maximum Gasteiger partial charge on any atom is 0.310 e. The van der Waals surface area contributed by atoms with Gasteiger partial charge in [-0.2, -0.15) is 0 Å². The molecule has 23 heavy (non-hydrogen) atoms. The van der Waals surface area contributed by atoms with Gasteiger partial charge in [-0.05, 0) is 19.1 Å². The summed E-state index contributed by atoms with van der Waals surface area (Å²) in [5.41, 5.74) is 2.11. The largest absolute Gasteiger partial charge is 0.491 e. The summed E-state index contributed by atoms with van der Waals surface area (Å²) in [6.07, 6.45) is 6.37. The summed E-state index contributed by atoms with van der Waals surface area (Å²) >= 11 is 12.4. The highest BCUT2D eigenvalue weighted by Crippen LogP contribution is 2.54. The number of hydrogen-bond donors (Lipinski definition) is 0. The van der Waals surface area contributed by atoms with Crippen LogP contribution in [0.1, 0.15) is 12.5 Å². The molecule has 2 aliphatic carbocycles. The van der Waals surface area contributed by atoms with Gasteiger partial charge in [-0.15, -0.1) is 0 Å². The second-order valence-corrected chi connectivity index (χ2v) is 6.98. The molecule has 1 heterocycles. The first kappa shape index (κ1) is 15.1. The van der Waals surface area contributed by atoms with Gasteiger partial charge in [0, 0.05) is 28.3 Å². The lowest BCUT2D eigenvalue weighted by Gasteiger charge is -2.26. The Kier molecular flexibility index (Phi) is 3.66. The first-order valence-electron chi connectivity index (χ1n) is 7.78. The quantitative estimate of drug-likeness (QED) is 0.586. The van der Waals surface area contributed by atoms with Gasteiger partial charge < -0.3 is 9.47 Å². The van der Waals surface area contributed by atoms with Crippen molar-refractivity contribution in [3.63, 3.8) is 0 Å². The number of halogens is 2. The number of rotatable bonds is 2. The summed E-state index contributed by atoms with van der Waals surface area (Å²) in [4.78, 5) is 12.4. The summed E-state index contributed by atoms with van der Waals surface area (Å²) in [5, 5.41) is 1.07. The van der Waals surface area contributed by atoms with Crippen molar-refractivity contribution in [1.82, 2.24) is 0 Å². The molecule has 3 aliphatic rings. The van der Waals surface area contributed by atoms with E-state index in [4.69, 9.17) is 32.7 Å². The molecule has 120 valence electrons. The van der Waals surface area contributed by atoms with E-state index in [0.717, 1.165) is 5.56 Å². The number of carbonyl (C=O) groups is 1. The highest BCUT2D eigenvalue weighted by atomic mass is 35.5. The van der Waals surface area contributed by atoms with Crippen LogP contribution in [-0.2, 0) is 9.53 Å².